The summed E-state index contributed by atoms with van der Waals surface area (Å²) in [4.78, 5) is 30.0. The Bertz CT molecular complexity index is 976. The predicted octanol–water partition coefficient (Wildman–Crippen LogP) is 4.97. The molecule has 0 aliphatic carbocycles. The van der Waals surface area contributed by atoms with E-state index in [1.54, 1.807) is 13.1 Å². The van der Waals surface area contributed by atoms with Crippen molar-refractivity contribution >= 4 is 39.3 Å². The van der Waals surface area contributed by atoms with Crippen LogP contribution in [0.3, 0.4) is 0 Å². The van der Waals surface area contributed by atoms with E-state index in [-0.39, 0.29) is 19.6 Å². The number of thiazole rings is 1. The zero-order valence-electron chi connectivity index (χ0n) is 16.3. The van der Waals surface area contributed by atoms with Crippen molar-refractivity contribution in [3.63, 3.8) is 0 Å². The molecule has 0 fully saturated rings. The minimum Gasteiger partial charge on any atom is -0.464 e. The van der Waals surface area contributed by atoms with E-state index in [1.807, 2.05) is 54.6 Å². The molecular formula is C22H21BrN2O4S. The molecule has 3 aromatic rings. The SMILES string of the molecule is CCOC(=O)[C@H](Cc1ncc(-c2ccc(Br)cc2)s1)NC(=O)OCc1ccccc1. The van der Waals surface area contributed by atoms with Crippen LogP contribution in [0.15, 0.2) is 65.3 Å². The van der Waals surface area contributed by atoms with Gasteiger partial charge in [0.05, 0.1) is 16.5 Å². The molecule has 1 heterocycles. The Kier molecular flexibility index (Phi) is 7.98. The number of hydrogen-bond acceptors (Lipinski definition) is 6. The molecule has 0 aliphatic rings. The maximum absolute atomic E-state index is 12.4. The first kappa shape index (κ1) is 22.0. The summed E-state index contributed by atoms with van der Waals surface area (Å²) in [6.07, 6.45) is 1.31. The molecule has 1 atom stereocenters. The van der Waals surface area contributed by atoms with Crippen LogP contribution in [0, 0.1) is 0 Å². The number of benzene rings is 2. The quantitative estimate of drug-likeness (QED) is 0.452. The number of nitrogens with zero attached hydrogens (tertiary/aromatic N) is 1. The molecule has 6 nitrogen and oxygen atoms in total. The van der Waals surface area contributed by atoms with Crippen molar-refractivity contribution in [1.29, 1.82) is 0 Å². The van der Waals surface area contributed by atoms with Gasteiger partial charge in [0.1, 0.15) is 12.6 Å². The summed E-state index contributed by atoms with van der Waals surface area (Å²) in [6, 6.07) is 16.3. The van der Waals surface area contributed by atoms with Gasteiger partial charge >= 0.3 is 12.1 Å². The predicted molar refractivity (Wildman–Crippen MR) is 119 cm³/mol. The van der Waals surface area contributed by atoms with Crippen LogP contribution in [-0.4, -0.2) is 29.7 Å². The first-order valence-electron chi connectivity index (χ1n) is 9.39. The lowest BCUT2D eigenvalue weighted by molar-refractivity contribution is -0.145. The van der Waals surface area contributed by atoms with Gasteiger partial charge in [-0.1, -0.05) is 58.4 Å². The van der Waals surface area contributed by atoms with Crippen LogP contribution >= 0.6 is 27.3 Å². The van der Waals surface area contributed by atoms with Crippen molar-refractivity contribution in [2.75, 3.05) is 6.61 Å². The second-order valence-corrected chi connectivity index (χ2v) is 8.37. The lowest BCUT2D eigenvalue weighted by atomic mass is 10.2. The number of aromatic nitrogens is 1. The summed E-state index contributed by atoms with van der Waals surface area (Å²) in [7, 11) is 0. The highest BCUT2D eigenvalue weighted by Gasteiger charge is 2.25. The molecule has 1 aromatic heterocycles. The molecule has 2 aromatic carbocycles. The van der Waals surface area contributed by atoms with Gasteiger partial charge < -0.3 is 14.8 Å². The van der Waals surface area contributed by atoms with E-state index < -0.39 is 18.1 Å². The largest absolute Gasteiger partial charge is 0.464 e. The van der Waals surface area contributed by atoms with Crippen molar-refractivity contribution in [1.82, 2.24) is 10.3 Å². The van der Waals surface area contributed by atoms with Crippen molar-refractivity contribution < 1.29 is 19.1 Å². The minimum atomic E-state index is -0.878. The Hall–Kier alpha value is -2.71. The Morgan fingerprint density at radius 3 is 2.53 bits per heavy atom. The lowest BCUT2D eigenvalue weighted by Crippen LogP contribution is -2.43. The molecule has 156 valence electrons. The molecule has 0 bridgehead atoms. The van der Waals surface area contributed by atoms with Crippen LogP contribution in [-0.2, 0) is 27.3 Å². The Balaban J connectivity index is 1.64. The number of alkyl carbamates (subject to hydrolysis) is 1. The summed E-state index contributed by atoms with van der Waals surface area (Å²) in [6.45, 7) is 2.06. The molecule has 0 saturated carbocycles. The summed E-state index contributed by atoms with van der Waals surface area (Å²) >= 11 is 4.89. The second-order valence-electron chi connectivity index (χ2n) is 6.34. The van der Waals surface area contributed by atoms with E-state index in [2.05, 4.69) is 26.2 Å². The van der Waals surface area contributed by atoms with Crippen LogP contribution in [0.1, 0.15) is 17.5 Å². The van der Waals surface area contributed by atoms with Crippen LogP contribution in [0.4, 0.5) is 4.79 Å². The van der Waals surface area contributed by atoms with E-state index in [0.717, 1.165) is 20.5 Å². The van der Waals surface area contributed by atoms with Gasteiger partial charge in [-0.05, 0) is 30.2 Å². The third-order valence-electron chi connectivity index (χ3n) is 4.14. The van der Waals surface area contributed by atoms with Gasteiger partial charge in [-0.15, -0.1) is 11.3 Å². The number of hydrogen-bond donors (Lipinski definition) is 1. The molecule has 1 N–H and O–H groups in total. The van der Waals surface area contributed by atoms with Crippen LogP contribution in [0.2, 0.25) is 0 Å². The van der Waals surface area contributed by atoms with Gasteiger partial charge in [0.25, 0.3) is 0 Å². The highest BCUT2D eigenvalue weighted by molar-refractivity contribution is 9.10. The van der Waals surface area contributed by atoms with Gasteiger partial charge in [0.2, 0.25) is 0 Å². The Morgan fingerprint density at radius 1 is 1.10 bits per heavy atom. The number of halogens is 1. The third kappa shape index (κ3) is 6.40. The first-order chi connectivity index (χ1) is 14.5. The summed E-state index contributed by atoms with van der Waals surface area (Å²) in [5.41, 5.74) is 1.89. The van der Waals surface area contributed by atoms with Gasteiger partial charge in [-0.2, -0.15) is 0 Å². The number of esters is 1. The maximum atomic E-state index is 12.4. The van der Waals surface area contributed by atoms with E-state index in [1.165, 1.54) is 11.3 Å². The van der Waals surface area contributed by atoms with Crippen LogP contribution in [0.5, 0.6) is 0 Å². The third-order valence-corrected chi connectivity index (χ3v) is 5.73. The van der Waals surface area contributed by atoms with Gasteiger partial charge in [0, 0.05) is 17.1 Å². The standard InChI is InChI=1S/C22H21BrN2O4S/c1-2-28-21(26)18(25-22(27)29-14-15-6-4-3-5-7-15)12-20-24-13-19(30-20)16-8-10-17(23)11-9-16/h3-11,13,18H,2,12,14H2,1H3,(H,25,27)/t18-/m0/s1. The van der Waals surface area contributed by atoms with Crippen LogP contribution < -0.4 is 5.32 Å². The Morgan fingerprint density at radius 2 is 1.83 bits per heavy atom. The average molecular weight is 489 g/mol. The monoisotopic (exact) mass is 488 g/mol. The van der Waals surface area contributed by atoms with E-state index in [9.17, 15) is 9.59 Å². The molecule has 0 aliphatic heterocycles. The molecule has 8 heteroatoms. The highest BCUT2D eigenvalue weighted by Crippen LogP contribution is 2.28. The molecule has 0 radical (unpaired) electrons. The van der Waals surface area contributed by atoms with Crippen molar-refractivity contribution in [2.24, 2.45) is 0 Å². The maximum Gasteiger partial charge on any atom is 0.408 e. The number of rotatable bonds is 8. The molecule has 3 rings (SSSR count). The van der Waals surface area contributed by atoms with Gasteiger partial charge in [0.15, 0.2) is 0 Å². The smallest absolute Gasteiger partial charge is 0.408 e. The molecule has 1 amide bonds. The van der Waals surface area contributed by atoms with Crippen molar-refractivity contribution in [3.8, 4) is 10.4 Å². The summed E-state index contributed by atoms with van der Waals surface area (Å²) in [5, 5.41) is 3.32. The van der Waals surface area contributed by atoms with E-state index >= 15 is 0 Å². The van der Waals surface area contributed by atoms with Crippen molar-refractivity contribution in [3.05, 3.63) is 75.8 Å². The van der Waals surface area contributed by atoms with E-state index in [0.29, 0.717) is 5.01 Å². The van der Waals surface area contributed by atoms with Gasteiger partial charge in [-0.3, -0.25) is 0 Å². The normalized spacial score (nSPS) is 11.5. The fourth-order valence-electron chi connectivity index (χ4n) is 2.67. The second kappa shape index (κ2) is 10.9. The zero-order chi connectivity index (χ0) is 21.3. The Labute approximate surface area is 187 Å². The number of carbonyl (C=O) groups is 2. The molecular weight excluding hydrogens is 468 g/mol. The molecule has 30 heavy (non-hydrogen) atoms. The molecule has 0 spiro atoms. The first-order valence-corrected chi connectivity index (χ1v) is 11.0. The number of nitrogens with one attached hydrogen (secondary N) is 1. The fourth-order valence-corrected chi connectivity index (χ4v) is 3.90. The fraction of sp³-hybridized carbons (Fsp3) is 0.227. The zero-order valence-corrected chi connectivity index (χ0v) is 18.7. The summed E-state index contributed by atoms with van der Waals surface area (Å²) in [5.74, 6) is -0.519. The number of amides is 1. The molecule has 0 saturated heterocycles. The van der Waals surface area contributed by atoms with E-state index in [4.69, 9.17) is 9.47 Å². The number of carbonyl (C=O) groups excluding carboxylic acids is 2. The number of ether oxygens (including phenoxy) is 2. The topological polar surface area (TPSA) is 77.5 Å². The van der Waals surface area contributed by atoms with Crippen molar-refractivity contribution in [2.45, 2.75) is 26.0 Å². The summed E-state index contributed by atoms with van der Waals surface area (Å²) < 4.78 is 11.3. The lowest BCUT2D eigenvalue weighted by Gasteiger charge is -2.16. The minimum absolute atomic E-state index is 0.118. The average Bonchev–Trinajstić information content (AvgIpc) is 3.22. The van der Waals surface area contributed by atoms with Gasteiger partial charge in [-0.25, -0.2) is 14.6 Å². The molecule has 0 unspecified atom stereocenters. The highest BCUT2D eigenvalue weighted by atomic mass is 79.9. The van der Waals surface area contributed by atoms with Crippen LogP contribution in [0.25, 0.3) is 10.4 Å².